The first-order valence-corrected chi connectivity index (χ1v) is 7.28. The highest BCUT2D eigenvalue weighted by Crippen LogP contribution is 2.26. The summed E-state index contributed by atoms with van der Waals surface area (Å²) >= 11 is 0. The van der Waals surface area contributed by atoms with Crippen LogP contribution in [0.5, 0.6) is 0 Å². The topological polar surface area (TPSA) is 55.0 Å². The van der Waals surface area contributed by atoms with E-state index in [0.717, 1.165) is 24.2 Å². The largest absolute Gasteiger partial charge is 0.465 e. The third-order valence-corrected chi connectivity index (χ3v) is 3.72. The van der Waals surface area contributed by atoms with Gasteiger partial charge in [-0.15, -0.1) is 0 Å². The van der Waals surface area contributed by atoms with Crippen molar-refractivity contribution in [2.45, 2.75) is 45.4 Å². The summed E-state index contributed by atoms with van der Waals surface area (Å²) < 4.78 is 4.81. The third-order valence-electron chi connectivity index (χ3n) is 3.72. The highest BCUT2D eigenvalue weighted by atomic mass is 16.5. The van der Waals surface area contributed by atoms with Crippen LogP contribution in [0.2, 0.25) is 0 Å². The van der Waals surface area contributed by atoms with E-state index in [1.807, 2.05) is 12.1 Å². The molecule has 0 amide bonds. The van der Waals surface area contributed by atoms with Crippen LogP contribution >= 0.6 is 0 Å². The SMILES string of the molecule is CCCCC(CC)c1nc2c(C(=O)OC)cccc2[nH]1. The number of benzene rings is 1. The van der Waals surface area contributed by atoms with Crippen molar-refractivity contribution in [3.8, 4) is 0 Å². The summed E-state index contributed by atoms with van der Waals surface area (Å²) in [6.07, 6.45) is 4.55. The van der Waals surface area contributed by atoms with Gasteiger partial charge < -0.3 is 9.72 Å². The molecule has 4 heteroatoms. The minimum atomic E-state index is -0.338. The van der Waals surface area contributed by atoms with Gasteiger partial charge in [-0.25, -0.2) is 9.78 Å². The highest BCUT2D eigenvalue weighted by Gasteiger charge is 2.17. The molecule has 1 atom stereocenters. The molecule has 0 bridgehead atoms. The predicted molar refractivity (Wildman–Crippen MR) is 80.0 cm³/mol. The van der Waals surface area contributed by atoms with Crippen molar-refractivity contribution >= 4 is 17.0 Å². The number of ether oxygens (including phenoxy) is 1. The molecule has 1 heterocycles. The Morgan fingerprint density at radius 2 is 2.20 bits per heavy atom. The number of para-hydroxylation sites is 1. The Morgan fingerprint density at radius 3 is 2.85 bits per heavy atom. The van der Waals surface area contributed by atoms with Gasteiger partial charge in [-0.1, -0.05) is 32.8 Å². The van der Waals surface area contributed by atoms with Crippen LogP contribution in [-0.4, -0.2) is 23.0 Å². The number of aromatic amines is 1. The first kappa shape index (κ1) is 14.6. The second-order valence-corrected chi connectivity index (χ2v) is 5.06. The molecule has 1 unspecified atom stereocenters. The summed E-state index contributed by atoms with van der Waals surface area (Å²) in [6.45, 7) is 4.37. The quantitative estimate of drug-likeness (QED) is 0.809. The number of nitrogens with one attached hydrogen (secondary N) is 1. The molecule has 0 fully saturated rings. The Hall–Kier alpha value is -1.84. The molecule has 20 heavy (non-hydrogen) atoms. The summed E-state index contributed by atoms with van der Waals surface area (Å²) in [5, 5.41) is 0. The lowest BCUT2D eigenvalue weighted by atomic mass is 9.99. The molecule has 4 nitrogen and oxygen atoms in total. The van der Waals surface area contributed by atoms with Crippen LogP contribution < -0.4 is 0 Å². The fraction of sp³-hybridized carbons (Fsp3) is 0.500. The number of fused-ring (bicyclic) bond motifs is 1. The van der Waals surface area contributed by atoms with Crippen molar-refractivity contribution in [2.24, 2.45) is 0 Å². The van der Waals surface area contributed by atoms with Crippen LogP contribution in [0, 0.1) is 0 Å². The third kappa shape index (κ3) is 2.84. The monoisotopic (exact) mass is 274 g/mol. The van der Waals surface area contributed by atoms with Crippen LogP contribution in [-0.2, 0) is 4.74 Å². The second kappa shape index (κ2) is 6.55. The lowest BCUT2D eigenvalue weighted by molar-refractivity contribution is 0.0603. The Balaban J connectivity index is 2.39. The van der Waals surface area contributed by atoms with Crippen molar-refractivity contribution in [3.63, 3.8) is 0 Å². The van der Waals surface area contributed by atoms with E-state index in [-0.39, 0.29) is 5.97 Å². The number of aromatic nitrogens is 2. The van der Waals surface area contributed by atoms with E-state index in [9.17, 15) is 4.79 Å². The van der Waals surface area contributed by atoms with Gasteiger partial charge in [0.1, 0.15) is 11.3 Å². The maximum absolute atomic E-state index is 11.8. The molecule has 2 aromatic rings. The Morgan fingerprint density at radius 1 is 1.40 bits per heavy atom. The van der Waals surface area contributed by atoms with Crippen molar-refractivity contribution in [3.05, 3.63) is 29.6 Å². The smallest absolute Gasteiger partial charge is 0.340 e. The van der Waals surface area contributed by atoms with Crippen LogP contribution in [0.15, 0.2) is 18.2 Å². The Bertz CT molecular complexity index is 589. The summed E-state index contributed by atoms with van der Waals surface area (Å²) in [7, 11) is 1.39. The molecule has 0 saturated heterocycles. The fourth-order valence-corrected chi connectivity index (χ4v) is 2.50. The van der Waals surface area contributed by atoms with E-state index in [2.05, 4.69) is 23.8 Å². The predicted octanol–water partition coefficient (Wildman–Crippen LogP) is 4.03. The number of unbranched alkanes of at least 4 members (excludes halogenated alkanes) is 1. The van der Waals surface area contributed by atoms with Gasteiger partial charge in [-0.3, -0.25) is 0 Å². The molecule has 108 valence electrons. The summed E-state index contributed by atoms with van der Waals surface area (Å²) in [6, 6.07) is 5.56. The minimum Gasteiger partial charge on any atom is -0.465 e. The van der Waals surface area contributed by atoms with Gasteiger partial charge in [0.15, 0.2) is 0 Å². The molecular formula is C16H22N2O2. The van der Waals surface area contributed by atoms with Gasteiger partial charge in [-0.2, -0.15) is 0 Å². The molecule has 1 aromatic carbocycles. The van der Waals surface area contributed by atoms with Crippen LogP contribution in [0.25, 0.3) is 11.0 Å². The number of esters is 1. The lowest BCUT2D eigenvalue weighted by Crippen LogP contribution is -2.02. The second-order valence-electron chi connectivity index (χ2n) is 5.06. The molecule has 0 spiro atoms. The number of nitrogens with zero attached hydrogens (tertiary/aromatic N) is 1. The van der Waals surface area contributed by atoms with Gasteiger partial charge in [0.05, 0.1) is 18.2 Å². The van der Waals surface area contributed by atoms with E-state index >= 15 is 0 Å². The van der Waals surface area contributed by atoms with Crippen molar-refractivity contribution in [1.82, 2.24) is 9.97 Å². The molecule has 0 aliphatic carbocycles. The molecule has 1 aromatic heterocycles. The highest BCUT2D eigenvalue weighted by molar-refractivity contribution is 6.01. The maximum Gasteiger partial charge on any atom is 0.340 e. The first-order chi connectivity index (χ1) is 9.71. The lowest BCUT2D eigenvalue weighted by Gasteiger charge is -2.10. The van der Waals surface area contributed by atoms with E-state index in [1.54, 1.807) is 6.07 Å². The average molecular weight is 274 g/mol. The molecule has 0 saturated carbocycles. The number of methoxy groups -OCH3 is 1. The van der Waals surface area contributed by atoms with Gasteiger partial charge in [0, 0.05) is 5.92 Å². The number of H-pyrrole nitrogens is 1. The van der Waals surface area contributed by atoms with Gasteiger partial charge in [0.2, 0.25) is 0 Å². The molecule has 0 radical (unpaired) electrons. The number of imidazole rings is 1. The number of hydrogen-bond donors (Lipinski definition) is 1. The number of rotatable bonds is 6. The molecular weight excluding hydrogens is 252 g/mol. The maximum atomic E-state index is 11.8. The number of hydrogen-bond acceptors (Lipinski definition) is 3. The normalized spacial score (nSPS) is 12.6. The first-order valence-electron chi connectivity index (χ1n) is 7.28. The fourth-order valence-electron chi connectivity index (χ4n) is 2.50. The minimum absolute atomic E-state index is 0.338. The van der Waals surface area contributed by atoms with Gasteiger partial charge >= 0.3 is 5.97 Å². The molecule has 1 N–H and O–H groups in total. The zero-order chi connectivity index (χ0) is 14.5. The summed E-state index contributed by atoms with van der Waals surface area (Å²) in [4.78, 5) is 19.8. The standard InChI is InChI=1S/C16H22N2O2/c1-4-6-8-11(5-2)15-17-13-10-7-9-12(14(13)18-15)16(19)20-3/h7,9-11H,4-6,8H2,1-3H3,(H,17,18). The van der Waals surface area contributed by atoms with Crippen molar-refractivity contribution in [2.75, 3.05) is 7.11 Å². The van der Waals surface area contributed by atoms with E-state index in [1.165, 1.54) is 20.0 Å². The Kier molecular flexibility index (Phi) is 4.77. The van der Waals surface area contributed by atoms with Gasteiger partial charge in [0.25, 0.3) is 0 Å². The van der Waals surface area contributed by atoms with Gasteiger partial charge in [-0.05, 0) is 25.0 Å². The van der Waals surface area contributed by atoms with Crippen LogP contribution in [0.1, 0.15) is 61.6 Å². The molecule has 2 rings (SSSR count). The van der Waals surface area contributed by atoms with Crippen LogP contribution in [0.4, 0.5) is 0 Å². The summed E-state index contributed by atoms with van der Waals surface area (Å²) in [5.74, 6) is 1.07. The van der Waals surface area contributed by atoms with E-state index in [0.29, 0.717) is 17.0 Å². The van der Waals surface area contributed by atoms with E-state index < -0.39 is 0 Å². The summed E-state index contributed by atoms with van der Waals surface area (Å²) in [5.41, 5.74) is 2.14. The average Bonchev–Trinajstić information content (AvgIpc) is 2.90. The number of carbonyl (C=O) groups excluding carboxylic acids is 1. The van der Waals surface area contributed by atoms with Crippen molar-refractivity contribution in [1.29, 1.82) is 0 Å². The molecule has 0 aliphatic rings. The number of carbonyl (C=O) groups is 1. The zero-order valence-corrected chi connectivity index (χ0v) is 12.4. The zero-order valence-electron chi connectivity index (χ0n) is 12.4. The molecule has 0 aliphatic heterocycles. The Labute approximate surface area is 119 Å². The van der Waals surface area contributed by atoms with Crippen LogP contribution in [0.3, 0.4) is 0 Å². The van der Waals surface area contributed by atoms with Crippen molar-refractivity contribution < 1.29 is 9.53 Å². The van der Waals surface area contributed by atoms with E-state index in [4.69, 9.17) is 4.74 Å².